The summed E-state index contributed by atoms with van der Waals surface area (Å²) in [7, 11) is -2.01. The molecule has 130 valence electrons. The Bertz CT molecular complexity index is 358. The summed E-state index contributed by atoms with van der Waals surface area (Å²) in [4.78, 5) is 22.3. The zero-order valence-corrected chi connectivity index (χ0v) is 15.7. The summed E-state index contributed by atoms with van der Waals surface area (Å²) >= 11 is 0. The quantitative estimate of drug-likeness (QED) is 0.449. The lowest BCUT2D eigenvalue weighted by Gasteiger charge is -2.37. The Morgan fingerprint density at radius 1 is 1.27 bits per heavy atom. The van der Waals surface area contributed by atoms with Crippen molar-refractivity contribution >= 4 is 20.6 Å². The standard InChI is InChI=1S/C16H32O5Si/c1-7-8-9-22(5,6)21-15(13(4)16(19)20)12(3)14(18)11(2)10-17/h10-15,18H,7-9H2,1-6H3,(H,19,20)/t11-,12+,13+,14+,15-/m0/s1. The van der Waals surface area contributed by atoms with Gasteiger partial charge in [-0.2, -0.15) is 0 Å². The molecule has 0 saturated carbocycles. The number of carbonyl (C=O) groups is 2. The first-order valence-corrected chi connectivity index (χ1v) is 11.2. The fourth-order valence-corrected chi connectivity index (χ4v) is 5.07. The molecule has 0 bridgehead atoms. The highest BCUT2D eigenvalue weighted by atomic mass is 28.4. The second kappa shape index (κ2) is 9.42. The van der Waals surface area contributed by atoms with Gasteiger partial charge in [-0.05, 0) is 26.1 Å². The summed E-state index contributed by atoms with van der Waals surface area (Å²) in [5, 5.41) is 19.6. The summed E-state index contributed by atoms with van der Waals surface area (Å²) in [6, 6.07) is 0.957. The molecule has 0 unspecified atom stereocenters. The number of carboxylic acids is 1. The van der Waals surface area contributed by atoms with E-state index in [2.05, 4.69) is 20.0 Å². The van der Waals surface area contributed by atoms with E-state index in [0.717, 1.165) is 18.9 Å². The monoisotopic (exact) mass is 332 g/mol. The van der Waals surface area contributed by atoms with Crippen LogP contribution in [0, 0.1) is 17.8 Å². The summed E-state index contributed by atoms with van der Waals surface area (Å²) in [5.41, 5.74) is 0. The Morgan fingerprint density at radius 2 is 1.82 bits per heavy atom. The van der Waals surface area contributed by atoms with Gasteiger partial charge < -0.3 is 19.4 Å². The lowest BCUT2D eigenvalue weighted by Crippen LogP contribution is -2.47. The number of aliphatic hydroxyl groups is 1. The minimum absolute atomic E-state index is 0.417. The first-order chi connectivity index (χ1) is 10.1. The summed E-state index contributed by atoms with van der Waals surface area (Å²) in [6.07, 6.45) is 1.33. The molecule has 0 heterocycles. The van der Waals surface area contributed by atoms with Crippen molar-refractivity contribution in [1.82, 2.24) is 0 Å². The van der Waals surface area contributed by atoms with Crippen LogP contribution in [0.3, 0.4) is 0 Å². The number of carboxylic acid groups (broad SMARTS) is 1. The van der Waals surface area contributed by atoms with Gasteiger partial charge in [0.15, 0.2) is 8.32 Å². The maximum absolute atomic E-state index is 11.4. The SMILES string of the molecule is CCCC[Si](C)(C)O[C@@H]([C@H](C)[C@H](O)[C@@H](C)C=O)[C@@H](C)C(=O)O. The van der Waals surface area contributed by atoms with Crippen LogP contribution in [0.25, 0.3) is 0 Å². The molecule has 0 aliphatic carbocycles. The molecule has 0 rings (SSSR count). The van der Waals surface area contributed by atoms with E-state index in [4.69, 9.17) is 4.43 Å². The minimum atomic E-state index is -2.01. The average Bonchev–Trinajstić information content (AvgIpc) is 2.47. The molecule has 0 aromatic carbocycles. The van der Waals surface area contributed by atoms with Crippen molar-refractivity contribution in [2.75, 3.05) is 0 Å². The van der Waals surface area contributed by atoms with E-state index >= 15 is 0 Å². The molecule has 0 aliphatic rings. The van der Waals surface area contributed by atoms with Crippen molar-refractivity contribution in [3.05, 3.63) is 0 Å². The van der Waals surface area contributed by atoms with Gasteiger partial charge in [-0.3, -0.25) is 4.79 Å². The third kappa shape index (κ3) is 6.58. The van der Waals surface area contributed by atoms with E-state index in [9.17, 15) is 19.8 Å². The lowest BCUT2D eigenvalue weighted by molar-refractivity contribution is -0.147. The Morgan fingerprint density at radius 3 is 2.23 bits per heavy atom. The van der Waals surface area contributed by atoms with Crippen LogP contribution in [-0.4, -0.2) is 43.0 Å². The molecule has 0 saturated heterocycles. The third-order valence-corrected chi connectivity index (χ3v) is 6.75. The lowest BCUT2D eigenvalue weighted by atomic mass is 9.85. The van der Waals surface area contributed by atoms with Gasteiger partial charge in [0.1, 0.15) is 6.29 Å². The fourth-order valence-electron chi connectivity index (χ4n) is 2.59. The van der Waals surface area contributed by atoms with E-state index in [1.807, 2.05) is 0 Å². The van der Waals surface area contributed by atoms with Gasteiger partial charge in [-0.25, -0.2) is 0 Å². The number of hydrogen-bond donors (Lipinski definition) is 2. The van der Waals surface area contributed by atoms with Crippen LogP contribution in [0.1, 0.15) is 40.5 Å². The molecule has 5 atom stereocenters. The molecule has 6 heteroatoms. The molecular formula is C16H32O5Si. The number of aldehydes is 1. The zero-order chi connectivity index (χ0) is 17.5. The van der Waals surface area contributed by atoms with Gasteiger partial charge in [0, 0.05) is 11.8 Å². The van der Waals surface area contributed by atoms with Crippen LogP contribution in [0.15, 0.2) is 0 Å². The topological polar surface area (TPSA) is 83.8 Å². The second-order valence-electron chi connectivity index (χ2n) is 6.92. The Hall–Kier alpha value is -0.723. The number of hydrogen-bond acceptors (Lipinski definition) is 4. The smallest absolute Gasteiger partial charge is 0.308 e. The molecule has 0 spiro atoms. The van der Waals surface area contributed by atoms with E-state index in [1.165, 1.54) is 0 Å². The van der Waals surface area contributed by atoms with Crippen LogP contribution in [0.4, 0.5) is 0 Å². The number of rotatable bonds is 11. The molecule has 0 fully saturated rings. The minimum Gasteiger partial charge on any atom is -0.481 e. The van der Waals surface area contributed by atoms with Gasteiger partial charge in [0.25, 0.3) is 0 Å². The number of carbonyl (C=O) groups excluding carboxylic acids is 1. The number of aliphatic hydroxyl groups excluding tert-OH is 1. The predicted octanol–water partition coefficient (Wildman–Crippen LogP) is 2.93. The first kappa shape index (κ1) is 21.3. The van der Waals surface area contributed by atoms with Crippen LogP contribution in [-0.2, 0) is 14.0 Å². The van der Waals surface area contributed by atoms with Crippen molar-refractivity contribution in [3.63, 3.8) is 0 Å². The van der Waals surface area contributed by atoms with E-state index < -0.39 is 44.2 Å². The normalized spacial score (nSPS) is 19.0. The van der Waals surface area contributed by atoms with Crippen LogP contribution >= 0.6 is 0 Å². The molecule has 0 amide bonds. The third-order valence-electron chi connectivity index (χ3n) is 4.28. The van der Waals surface area contributed by atoms with E-state index in [1.54, 1.807) is 20.8 Å². The second-order valence-corrected chi connectivity index (χ2v) is 11.2. The predicted molar refractivity (Wildman–Crippen MR) is 89.3 cm³/mol. The zero-order valence-electron chi connectivity index (χ0n) is 14.7. The van der Waals surface area contributed by atoms with Gasteiger partial charge in [-0.15, -0.1) is 0 Å². The van der Waals surface area contributed by atoms with Crippen molar-refractivity contribution in [3.8, 4) is 0 Å². The molecule has 22 heavy (non-hydrogen) atoms. The van der Waals surface area contributed by atoms with Crippen LogP contribution in [0.2, 0.25) is 19.1 Å². The summed E-state index contributed by atoms with van der Waals surface area (Å²) in [6.45, 7) is 11.3. The molecule has 0 radical (unpaired) electrons. The van der Waals surface area contributed by atoms with E-state index in [0.29, 0.717) is 6.29 Å². The highest BCUT2D eigenvalue weighted by molar-refractivity contribution is 6.71. The molecule has 0 aliphatic heterocycles. The highest BCUT2D eigenvalue weighted by Crippen LogP contribution is 2.28. The van der Waals surface area contributed by atoms with Crippen LogP contribution < -0.4 is 0 Å². The molecular weight excluding hydrogens is 300 g/mol. The van der Waals surface area contributed by atoms with Gasteiger partial charge in [0.2, 0.25) is 0 Å². The number of aliphatic carboxylic acids is 1. The molecule has 0 aromatic rings. The Balaban J connectivity index is 5.20. The average molecular weight is 333 g/mol. The molecule has 2 N–H and O–H groups in total. The van der Waals surface area contributed by atoms with Crippen LogP contribution in [0.5, 0.6) is 0 Å². The summed E-state index contributed by atoms with van der Waals surface area (Å²) < 4.78 is 6.22. The van der Waals surface area contributed by atoms with E-state index in [-0.39, 0.29) is 0 Å². The van der Waals surface area contributed by atoms with Crippen molar-refractivity contribution in [1.29, 1.82) is 0 Å². The maximum atomic E-state index is 11.4. The fraction of sp³-hybridized carbons (Fsp3) is 0.875. The van der Waals surface area contributed by atoms with Gasteiger partial charge >= 0.3 is 5.97 Å². The van der Waals surface area contributed by atoms with Gasteiger partial charge in [-0.1, -0.05) is 33.6 Å². The highest BCUT2D eigenvalue weighted by Gasteiger charge is 2.39. The molecule has 5 nitrogen and oxygen atoms in total. The Labute approximate surface area is 135 Å². The summed E-state index contributed by atoms with van der Waals surface area (Å²) in [5.74, 6) is -2.62. The number of unbranched alkanes of at least 4 members (excludes halogenated alkanes) is 1. The first-order valence-electron chi connectivity index (χ1n) is 8.11. The van der Waals surface area contributed by atoms with Crippen molar-refractivity contribution in [2.45, 2.75) is 71.9 Å². The Kier molecular flexibility index (Phi) is 9.11. The van der Waals surface area contributed by atoms with Crippen molar-refractivity contribution in [2.24, 2.45) is 17.8 Å². The van der Waals surface area contributed by atoms with Crippen molar-refractivity contribution < 1.29 is 24.2 Å². The molecule has 0 aromatic heterocycles. The maximum Gasteiger partial charge on any atom is 0.308 e. The van der Waals surface area contributed by atoms with Gasteiger partial charge in [0.05, 0.1) is 18.1 Å². The largest absolute Gasteiger partial charge is 0.481 e.